The third-order valence-electron chi connectivity index (χ3n) is 4.61. The van der Waals surface area contributed by atoms with Crippen LogP contribution in [0.3, 0.4) is 0 Å². The number of benzene rings is 2. The van der Waals surface area contributed by atoms with Gasteiger partial charge in [-0.25, -0.2) is 0 Å². The predicted octanol–water partition coefficient (Wildman–Crippen LogP) is 3.55. The van der Waals surface area contributed by atoms with Crippen LogP contribution in [0.25, 0.3) is 6.08 Å². The molecule has 0 unspecified atom stereocenters. The van der Waals surface area contributed by atoms with Crippen LogP contribution < -0.4 is 14.8 Å². The maximum absolute atomic E-state index is 12.8. The van der Waals surface area contributed by atoms with Crippen molar-refractivity contribution in [3.63, 3.8) is 0 Å². The summed E-state index contributed by atoms with van der Waals surface area (Å²) in [5.74, 6) is -0.113. The number of hydrogen-bond acceptors (Lipinski definition) is 9. The van der Waals surface area contributed by atoms with E-state index in [-0.39, 0.29) is 36.0 Å². The lowest BCUT2D eigenvalue weighted by molar-refractivity contribution is -0.384. The second kappa shape index (κ2) is 10.3. The van der Waals surface area contributed by atoms with E-state index in [0.717, 1.165) is 30.0 Å². The minimum absolute atomic E-state index is 0.00939. The smallest absolute Gasteiger partial charge is 0.271 e. The first-order valence-corrected chi connectivity index (χ1v) is 10.7. The molecule has 0 spiro atoms. The zero-order valence-corrected chi connectivity index (χ0v) is 19.2. The molecule has 0 aliphatic carbocycles. The van der Waals surface area contributed by atoms with Crippen molar-refractivity contribution in [2.24, 2.45) is 0 Å². The Morgan fingerprint density at radius 3 is 2.64 bits per heavy atom. The van der Waals surface area contributed by atoms with E-state index in [9.17, 15) is 24.8 Å². The average Bonchev–Trinajstić information content (AvgIpc) is 3.05. The Morgan fingerprint density at radius 2 is 1.97 bits per heavy atom. The van der Waals surface area contributed by atoms with Gasteiger partial charge in [-0.05, 0) is 29.8 Å². The average molecular weight is 490 g/mol. The number of phenols is 1. The van der Waals surface area contributed by atoms with Crippen LogP contribution in [-0.2, 0) is 9.59 Å². The van der Waals surface area contributed by atoms with Crippen molar-refractivity contribution in [3.8, 4) is 17.2 Å². The summed E-state index contributed by atoms with van der Waals surface area (Å²) in [6.07, 6.45) is 1.54. The van der Waals surface area contributed by atoms with Crippen LogP contribution in [0.4, 0.5) is 11.4 Å². The molecule has 1 fully saturated rings. The van der Waals surface area contributed by atoms with Crippen molar-refractivity contribution in [1.29, 1.82) is 0 Å². The van der Waals surface area contributed by atoms with E-state index < -0.39 is 10.8 Å². The number of hydrogen-bond donors (Lipinski definition) is 2. The number of aromatic hydroxyl groups is 1. The monoisotopic (exact) mass is 489 g/mol. The molecule has 33 heavy (non-hydrogen) atoms. The van der Waals surface area contributed by atoms with Gasteiger partial charge < -0.3 is 19.9 Å². The number of anilines is 1. The molecule has 172 valence electrons. The summed E-state index contributed by atoms with van der Waals surface area (Å²) in [5, 5.41) is 23.1. The molecule has 1 aliphatic heterocycles. The minimum atomic E-state index is -0.639. The zero-order chi connectivity index (χ0) is 24.1. The molecule has 2 aromatic carbocycles. The molecule has 0 bridgehead atoms. The number of ether oxygens (including phenoxy) is 2. The van der Waals surface area contributed by atoms with Crippen LogP contribution in [-0.4, -0.2) is 51.8 Å². The molecular formula is C21H19N3O7S2. The molecule has 0 atom stereocenters. The highest BCUT2D eigenvalue weighted by Gasteiger charge is 2.32. The van der Waals surface area contributed by atoms with E-state index in [0.29, 0.717) is 26.3 Å². The highest BCUT2D eigenvalue weighted by Crippen LogP contribution is 2.35. The van der Waals surface area contributed by atoms with Crippen LogP contribution in [0.5, 0.6) is 17.2 Å². The molecule has 0 aromatic heterocycles. The molecule has 2 N–H and O–H groups in total. The number of non-ortho nitro benzene ring substituents is 1. The van der Waals surface area contributed by atoms with E-state index in [1.54, 1.807) is 24.3 Å². The lowest BCUT2D eigenvalue weighted by atomic mass is 10.2. The highest BCUT2D eigenvalue weighted by molar-refractivity contribution is 8.26. The van der Waals surface area contributed by atoms with Gasteiger partial charge in [0.2, 0.25) is 5.91 Å². The molecule has 1 aliphatic rings. The Morgan fingerprint density at radius 1 is 1.24 bits per heavy atom. The van der Waals surface area contributed by atoms with Gasteiger partial charge in [-0.3, -0.25) is 24.6 Å². The fourth-order valence-corrected chi connectivity index (χ4v) is 4.26. The SMILES string of the molecule is COc1ccc(C=C2SC(=S)N(CCC(=O)Nc3cc([N+](=O)[O-])ccc3O)C2=O)cc1OC. The van der Waals surface area contributed by atoms with E-state index in [1.807, 2.05) is 0 Å². The zero-order valence-electron chi connectivity index (χ0n) is 17.6. The Balaban J connectivity index is 1.66. The van der Waals surface area contributed by atoms with Crippen LogP contribution in [0.1, 0.15) is 12.0 Å². The normalized spacial score (nSPS) is 14.5. The number of phenolic OH excluding ortho intramolecular Hbond substituents is 1. The fraction of sp³-hybridized carbons (Fsp3) is 0.190. The largest absolute Gasteiger partial charge is 0.506 e. The number of amides is 2. The fourth-order valence-electron chi connectivity index (χ4n) is 2.95. The van der Waals surface area contributed by atoms with Gasteiger partial charge in [0.25, 0.3) is 11.6 Å². The first kappa shape index (κ1) is 24.0. The van der Waals surface area contributed by atoms with Gasteiger partial charge in [0, 0.05) is 25.1 Å². The van der Waals surface area contributed by atoms with Crippen LogP contribution in [0.2, 0.25) is 0 Å². The van der Waals surface area contributed by atoms with Crippen molar-refractivity contribution >= 4 is 57.6 Å². The van der Waals surface area contributed by atoms with E-state index in [1.165, 1.54) is 19.1 Å². The number of methoxy groups -OCH3 is 2. The number of nitro benzene ring substituents is 1. The number of thioether (sulfide) groups is 1. The predicted molar refractivity (Wildman–Crippen MR) is 127 cm³/mol. The third-order valence-corrected chi connectivity index (χ3v) is 5.98. The third kappa shape index (κ3) is 5.59. The van der Waals surface area contributed by atoms with Gasteiger partial charge in [0.15, 0.2) is 11.5 Å². The second-order valence-corrected chi connectivity index (χ2v) is 8.38. The maximum Gasteiger partial charge on any atom is 0.271 e. The Bertz CT molecular complexity index is 1170. The maximum atomic E-state index is 12.8. The van der Waals surface area contributed by atoms with Crippen molar-refractivity contribution in [3.05, 3.63) is 57.0 Å². The quantitative estimate of drug-likeness (QED) is 0.188. The van der Waals surface area contributed by atoms with Crippen LogP contribution >= 0.6 is 24.0 Å². The molecule has 10 nitrogen and oxygen atoms in total. The van der Waals surface area contributed by atoms with Gasteiger partial charge in [0.1, 0.15) is 10.1 Å². The summed E-state index contributed by atoms with van der Waals surface area (Å²) in [6.45, 7) is 0.00939. The Hall–Kier alpha value is -3.64. The summed E-state index contributed by atoms with van der Waals surface area (Å²) in [4.78, 5) is 37.0. The van der Waals surface area contributed by atoms with E-state index in [2.05, 4.69) is 5.32 Å². The standard InChI is InChI=1S/C21H19N3O7S2/c1-30-16-6-3-12(9-17(16)31-2)10-18-20(27)23(21(32)33-18)8-7-19(26)22-14-11-13(24(28)29)4-5-15(14)25/h3-6,9-11,25H,7-8H2,1-2H3,(H,22,26). The number of nitro groups is 1. The number of nitrogens with zero attached hydrogens (tertiary/aromatic N) is 2. The second-order valence-electron chi connectivity index (χ2n) is 6.70. The van der Waals surface area contributed by atoms with Crippen molar-refractivity contribution < 1.29 is 29.1 Å². The Kier molecular flexibility index (Phi) is 7.51. The Labute approximate surface area is 198 Å². The van der Waals surface area contributed by atoms with E-state index >= 15 is 0 Å². The van der Waals surface area contributed by atoms with Crippen molar-refractivity contribution in [2.45, 2.75) is 6.42 Å². The molecular weight excluding hydrogens is 470 g/mol. The van der Waals surface area contributed by atoms with Gasteiger partial charge in [-0.2, -0.15) is 0 Å². The summed E-state index contributed by atoms with van der Waals surface area (Å²) < 4.78 is 10.8. The van der Waals surface area contributed by atoms with Gasteiger partial charge >= 0.3 is 0 Å². The molecule has 0 saturated carbocycles. The summed E-state index contributed by atoms with van der Waals surface area (Å²) in [6, 6.07) is 8.51. The van der Waals surface area contributed by atoms with Crippen molar-refractivity contribution in [1.82, 2.24) is 4.90 Å². The lowest BCUT2D eigenvalue weighted by Crippen LogP contribution is -2.31. The molecule has 2 aromatic rings. The lowest BCUT2D eigenvalue weighted by Gasteiger charge is -2.14. The summed E-state index contributed by atoms with van der Waals surface area (Å²) >= 11 is 6.40. The van der Waals surface area contributed by atoms with Crippen LogP contribution in [0, 0.1) is 10.1 Å². The van der Waals surface area contributed by atoms with Crippen molar-refractivity contribution in [2.75, 3.05) is 26.1 Å². The number of carbonyl (C=O) groups is 2. The molecule has 1 heterocycles. The number of rotatable bonds is 8. The molecule has 3 rings (SSSR count). The van der Waals surface area contributed by atoms with Gasteiger partial charge in [0.05, 0.1) is 29.7 Å². The summed E-state index contributed by atoms with van der Waals surface area (Å²) in [5.41, 5.74) is 0.348. The highest BCUT2D eigenvalue weighted by atomic mass is 32.2. The summed E-state index contributed by atoms with van der Waals surface area (Å²) in [7, 11) is 3.04. The van der Waals surface area contributed by atoms with Gasteiger partial charge in [-0.1, -0.05) is 30.0 Å². The topological polar surface area (TPSA) is 131 Å². The molecule has 2 amide bonds. The molecule has 1 saturated heterocycles. The number of nitrogens with one attached hydrogen (secondary N) is 1. The minimum Gasteiger partial charge on any atom is -0.506 e. The van der Waals surface area contributed by atoms with E-state index in [4.69, 9.17) is 21.7 Å². The van der Waals surface area contributed by atoms with Crippen LogP contribution in [0.15, 0.2) is 41.3 Å². The number of thiocarbonyl (C=S) groups is 1. The first-order valence-electron chi connectivity index (χ1n) is 9.48. The number of carbonyl (C=O) groups excluding carboxylic acids is 2. The molecule has 12 heteroatoms. The van der Waals surface area contributed by atoms with Gasteiger partial charge in [-0.15, -0.1) is 0 Å². The first-order chi connectivity index (χ1) is 15.7. The molecule has 0 radical (unpaired) electrons.